The van der Waals surface area contributed by atoms with Crippen LogP contribution in [0.25, 0.3) is 6.08 Å². The molecule has 5 nitrogen and oxygen atoms in total. The van der Waals surface area contributed by atoms with Gasteiger partial charge < -0.3 is 4.90 Å². The first-order chi connectivity index (χ1) is 9.51. The minimum atomic E-state index is -0.574. The third-order valence-electron chi connectivity index (χ3n) is 3.08. The molecule has 6 heteroatoms. The summed E-state index contributed by atoms with van der Waals surface area (Å²) in [4.78, 5) is 38.7. The zero-order valence-electron chi connectivity index (χ0n) is 11.4. The molecular weight excluding hydrogens is 276 g/mol. The highest BCUT2D eigenvalue weighted by Crippen LogP contribution is 2.17. The fraction of sp³-hybridized carbons (Fsp3) is 0.357. The SMILES string of the molecule is CCC1C(=O)NC(=O)CN1C(=O)C=Cc1ccc(C)s1. The predicted molar refractivity (Wildman–Crippen MR) is 77.0 cm³/mol. The average molecular weight is 292 g/mol. The number of piperazine rings is 1. The first-order valence-corrected chi connectivity index (χ1v) is 7.21. The molecular formula is C14H16N2O3S. The molecule has 0 saturated carbocycles. The van der Waals surface area contributed by atoms with Crippen molar-refractivity contribution in [3.63, 3.8) is 0 Å². The maximum absolute atomic E-state index is 12.2. The number of nitrogens with zero attached hydrogens (tertiary/aromatic N) is 1. The van der Waals surface area contributed by atoms with Gasteiger partial charge in [-0.2, -0.15) is 0 Å². The smallest absolute Gasteiger partial charge is 0.249 e. The van der Waals surface area contributed by atoms with Crippen LogP contribution in [0.5, 0.6) is 0 Å². The van der Waals surface area contributed by atoms with Crippen molar-refractivity contribution in [3.8, 4) is 0 Å². The Kier molecular flexibility index (Phi) is 4.34. The number of amides is 3. The predicted octanol–water partition coefficient (Wildman–Crippen LogP) is 1.33. The molecule has 2 heterocycles. The van der Waals surface area contributed by atoms with E-state index in [1.807, 2.05) is 26.0 Å². The number of carbonyl (C=O) groups is 3. The lowest BCUT2D eigenvalue weighted by molar-refractivity contribution is -0.147. The Morgan fingerprint density at radius 3 is 2.85 bits per heavy atom. The van der Waals surface area contributed by atoms with Crippen LogP contribution >= 0.6 is 11.3 Å². The van der Waals surface area contributed by atoms with E-state index in [0.717, 1.165) is 9.75 Å². The summed E-state index contributed by atoms with van der Waals surface area (Å²) in [5.74, 6) is -1.16. The van der Waals surface area contributed by atoms with Crippen molar-refractivity contribution in [1.82, 2.24) is 10.2 Å². The molecule has 1 aromatic heterocycles. The first-order valence-electron chi connectivity index (χ1n) is 6.40. The van der Waals surface area contributed by atoms with E-state index in [2.05, 4.69) is 5.32 Å². The zero-order valence-corrected chi connectivity index (χ0v) is 12.2. The van der Waals surface area contributed by atoms with Crippen LogP contribution in [-0.4, -0.2) is 35.2 Å². The molecule has 1 N–H and O–H groups in total. The highest BCUT2D eigenvalue weighted by atomic mass is 32.1. The molecule has 3 amide bonds. The van der Waals surface area contributed by atoms with E-state index in [1.165, 1.54) is 11.0 Å². The van der Waals surface area contributed by atoms with Gasteiger partial charge in [-0.1, -0.05) is 6.92 Å². The Balaban J connectivity index is 2.12. The van der Waals surface area contributed by atoms with Crippen molar-refractivity contribution < 1.29 is 14.4 Å². The summed E-state index contributed by atoms with van der Waals surface area (Å²) in [7, 11) is 0. The number of aryl methyl sites for hydroxylation is 1. The molecule has 1 aliphatic rings. The number of nitrogens with one attached hydrogen (secondary N) is 1. The quantitative estimate of drug-likeness (QED) is 0.675. The topological polar surface area (TPSA) is 66.5 Å². The summed E-state index contributed by atoms with van der Waals surface area (Å²) in [6.07, 6.45) is 3.61. The van der Waals surface area contributed by atoms with E-state index in [1.54, 1.807) is 17.4 Å². The Morgan fingerprint density at radius 1 is 1.50 bits per heavy atom. The number of imide groups is 1. The lowest BCUT2D eigenvalue weighted by Crippen LogP contribution is -2.59. The molecule has 20 heavy (non-hydrogen) atoms. The van der Waals surface area contributed by atoms with E-state index in [0.29, 0.717) is 6.42 Å². The molecule has 0 aromatic carbocycles. The molecule has 1 saturated heterocycles. The van der Waals surface area contributed by atoms with Gasteiger partial charge in [0.15, 0.2) is 0 Å². The lowest BCUT2D eigenvalue weighted by Gasteiger charge is -2.32. The Morgan fingerprint density at radius 2 is 2.25 bits per heavy atom. The monoisotopic (exact) mass is 292 g/mol. The van der Waals surface area contributed by atoms with Gasteiger partial charge in [-0.15, -0.1) is 11.3 Å². The van der Waals surface area contributed by atoms with Gasteiger partial charge in [0.1, 0.15) is 12.6 Å². The summed E-state index contributed by atoms with van der Waals surface area (Å²) in [5, 5.41) is 2.25. The highest BCUT2D eigenvalue weighted by molar-refractivity contribution is 7.12. The molecule has 0 bridgehead atoms. The van der Waals surface area contributed by atoms with Crippen LogP contribution in [0.1, 0.15) is 23.1 Å². The van der Waals surface area contributed by atoms with Crippen LogP contribution in [0.3, 0.4) is 0 Å². The van der Waals surface area contributed by atoms with Crippen LogP contribution in [0.15, 0.2) is 18.2 Å². The fourth-order valence-corrected chi connectivity index (χ4v) is 2.88. The summed E-state index contributed by atoms with van der Waals surface area (Å²) in [5.41, 5.74) is 0. The molecule has 1 fully saturated rings. The maximum Gasteiger partial charge on any atom is 0.249 e. The number of hydrogen-bond donors (Lipinski definition) is 1. The first kappa shape index (κ1) is 14.5. The van der Waals surface area contributed by atoms with Crippen molar-refractivity contribution in [1.29, 1.82) is 0 Å². The minimum Gasteiger partial charge on any atom is -0.318 e. The van der Waals surface area contributed by atoms with Gasteiger partial charge in [-0.3, -0.25) is 19.7 Å². The van der Waals surface area contributed by atoms with E-state index < -0.39 is 17.9 Å². The van der Waals surface area contributed by atoms with Crippen molar-refractivity contribution >= 4 is 35.1 Å². The summed E-state index contributed by atoms with van der Waals surface area (Å²) in [6, 6.07) is 3.33. The van der Waals surface area contributed by atoms with Crippen LogP contribution < -0.4 is 5.32 Å². The number of hydrogen-bond acceptors (Lipinski definition) is 4. The average Bonchev–Trinajstić information content (AvgIpc) is 2.81. The van der Waals surface area contributed by atoms with E-state index in [-0.39, 0.29) is 12.5 Å². The van der Waals surface area contributed by atoms with Crippen molar-refractivity contribution in [2.45, 2.75) is 26.3 Å². The van der Waals surface area contributed by atoms with Crippen LogP contribution in [-0.2, 0) is 14.4 Å². The third-order valence-corrected chi connectivity index (χ3v) is 4.04. The van der Waals surface area contributed by atoms with Crippen molar-refractivity contribution in [2.75, 3.05) is 6.54 Å². The lowest BCUT2D eigenvalue weighted by atomic mass is 10.1. The number of rotatable bonds is 3. The normalized spacial score (nSPS) is 19.5. The van der Waals surface area contributed by atoms with Gasteiger partial charge >= 0.3 is 0 Å². The van der Waals surface area contributed by atoms with Crippen molar-refractivity contribution in [3.05, 3.63) is 28.0 Å². The Hall–Kier alpha value is -1.95. The molecule has 1 atom stereocenters. The molecule has 1 aromatic rings. The van der Waals surface area contributed by atoms with Crippen LogP contribution in [0.2, 0.25) is 0 Å². The molecule has 106 valence electrons. The summed E-state index contributed by atoms with van der Waals surface area (Å²) < 4.78 is 0. The third kappa shape index (κ3) is 3.14. The Labute approximate surface area is 121 Å². The Bertz CT molecular complexity index is 577. The molecule has 1 unspecified atom stereocenters. The second kappa shape index (κ2) is 6.00. The van der Waals surface area contributed by atoms with E-state index in [9.17, 15) is 14.4 Å². The van der Waals surface area contributed by atoms with Gasteiger partial charge in [-0.25, -0.2) is 0 Å². The minimum absolute atomic E-state index is 0.0725. The fourth-order valence-electron chi connectivity index (χ4n) is 2.10. The van der Waals surface area contributed by atoms with E-state index >= 15 is 0 Å². The molecule has 0 spiro atoms. The zero-order chi connectivity index (χ0) is 14.7. The summed E-state index contributed by atoms with van der Waals surface area (Å²) >= 11 is 1.58. The molecule has 1 aliphatic heterocycles. The molecule has 2 rings (SSSR count). The van der Waals surface area contributed by atoms with Crippen LogP contribution in [0, 0.1) is 6.92 Å². The van der Waals surface area contributed by atoms with Gasteiger partial charge in [0, 0.05) is 15.8 Å². The van der Waals surface area contributed by atoms with Gasteiger partial charge in [0.25, 0.3) is 0 Å². The molecule has 0 aliphatic carbocycles. The largest absolute Gasteiger partial charge is 0.318 e. The molecule has 0 radical (unpaired) electrons. The number of carbonyl (C=O) groups excluding carboxylic acids is 3. The van der Waals surface area contributed by atoms with Gasteiger partial charge in [0.05, 0.1) is 0 Å². The maximum atomic E-state index is 12.2. The van der Waals surface area contributed by atoms with Gasteiger partial charge in [-0.05, 0) is 31.6 Å². The second-order valence-corrected chi connectivity index (χ2v) is 5.90. The standard InChI is InChI=1S/C14H16N2O3S/c1-3-11-14(19)15-12(17)8-16(11)13(18)7-6-10-5-4-9(2)20-10/h4-7,11H,3,8H2,1-2H3,(H,15,17,19). The van der Waals surface area contributed by atoms with Crippen LogP contribution in [0.4, 0.5) is 0 Å². The highest BCUT2D eigenvalue weighted by Gasteiger charge is 2.34. The van der Waals surface area contributed by atoms with E-state index in [4.69, 9.17) is 0 Å². The number of thiophene rings is 1. The van der Waals surface area contributed by atoms with Gasteiger partial charge in [0.2, 0.25) is 17.7 Å². The van der Waals surface area contributed by atoms with Crippen molar-refractivity contribution in [2.24, 2.45) is 0 Å². The summed E-state index contributed by atoms with van der Waals surface area (Å²) in [6.45, 7) is 3.73. The second-order valence-electron chi connectivity index (χ2n) is 4.58.